The van der Waals surface area contributed by atoms with Gasteiger partial charge in [0.25, 0.3) is 0 Å². The molecule has 0 saturated carbocycles. The molecule has 2 rings (SSSR count). The summed E-state index contributed by atoms with van der Waals surface area (Å²) in [6, 6.07) is 17.7. The Morgan fingerprint density at radius 1 is 0.857 bits per heavy atom. The van der Waals surface area contributed by atoms with Crippen LogP contribution in [0.25, 0.3) is 0 Å². The van der Waals surface area contributed by atoms with Gasteiger partial charge in [-0.25, -0.2) is 0 Å². The lowest BCUT2D eigenvalue weighted by Crippen LogP contribution is -2.15. The number of carbonyl (C=O) groups is 2. The van der Waals surface area contributed by atoms with Crippen molar-refractivity contribution in [2.45, 2.75) is 52.6 Å². The molecule has 28 heavy (non-hydrogen) atoms. The molecule has 2 aromatic carbocycles. The molecule has 0 aliphatic heterocycles. The summed E-state index contributed by atoms with van der Waals surface area (Å²) in [5.74, 6) is -0.270. The van der Waals surface area contributed by atoms with Crippen LogP contribution in [0.1, 0.15) is 56.2 Å². The maximum Gasteiger partial charge on any atom is 0.313 e. The fourth-order valence-electron chi connectivity index (χ4n) is 2.87. The van der Waals surface area contributed by atoms with E-state index in [9.17, 15) is 9.59 Å². The zero-order valence-corrected chi connectivity index (χ0v) is 17.0. The topological polar surface area (TPSA) is 52.6 Å². The van der Waals surface area contributed by atoms with E-state index < -0.39 is 0 Å². The van der Waals surface area contributed by atoms with E-state index in [0.29, 0.717) is 12.3 Å². The van der Waals surface area contributed by atoms with Gasteiger partial charge >= 0.3 is 11.9 Å². The Bertz CT molecular complexity index is 735. The molecule has 2 aromatic rings. The molecule has 0 N–H and O–H groups in total. The number of rotatable bonds is 10. The number of hydrogen-bond donors (Lipinski definition) is 0. The van der Waals surface area contributed by atoms with Gasteiger partial charge in [0.2, 0.25) is 0 Å². The van der Waals surface area contributed by atoms with E-state index in [1.54, 1.807) is 0 Å². The van der Waals surface area contributed by atoms with Gasteiger partial charge < -0.3 is 9.47 Å². The Balaban J connectivity index is 1.66. The summed E-state index contributed by atoms with van der Waals surface area (Å²) >= 11 is 0. The van der Waals surface area contributed by atoms with Crippen molar-refractivity contribution < 1.29 is 19.1 Å². The van der Waals surface area contributed by atoms with Crippen molar-refractivity contribution in [1.82, 2.24) is 0 Å². The first-order valence-corrected chi connectivity index (χ1v) is 9.90. The van der Waals surface area contributed by atoms with Crippen LogP contribution in [-0.4, -0.2) is 18.5 Å². The first kappa shape index (κ1) is 21.7. The van der Waals surface area contributed by atoms with Crippen molar-refractivity contribution in [2.75, 3.05) is 6.61 Å². The molecule has 0 fully saturated rings. The summed E-state index contributed by atoms with van der Waals surface area (Å²) in [5, 5.41) is 0. The third-order valence-electron chi connectivity index (χ3n) is 4.49. The van der Waals surface area contributed by atoms with Crippen LogP contribution in [0.15, 0.2) is 54.6 Å². The highest BCUT2D eigenvalue weighted by Gasteiger charge is 2.17. The Hall–Kier alpha value is -2.62. The molecule has 0 aliphatic rings. The number of ether oxygens (including phenoxy) is 2. The predicted octanol–water partition coefficient (Wildman–Crippen LogP) is 5.06. The quantitative estimate of drug-likeness (QED) is 0.426. The molecular formula is C24H30O4. The van der Waals surface area contributed by atoms with Crippen LogP contribution >= 0.6 is 0 Å². The fourth-order valence-corrected chi connectivity index (χ4v) is 2.87. The molecule has 4 heteroatoms. The van der Waals surface area contributed by atoms with Crippen LogP contribution in [-0.2, 0) is 32.1 Å². The molecule has 0 bridgehead atoms. The molecule has 0 aliphatic carbocycles. The van der Waals surface area contributed by atoms with Gasteiger partial charge in [-0.1, -0.05) is 68.4 Å². The SMILES string of the molecule is CC(C)Cc1ccc(C(C)C(=O)OCCCC(=O)OCc2ccccc2)cc1. The average Bonchev–Trinajstić information content (AvgIpc) is 2.70. The fraction of sp³-hybridized carbons (Fsp3) is 0.417. The third-order valence-corrected chi connectivity index (χ3v) is 4.49. The monoisotopic (exact) mass is 382 g/mol. The van der Waals surface area contributed by atoms with Crippen molar-refractivity contribution in [3.8, 4) is 0 Å². The van der Waals surface area contributed by atoms with Crippen LogP contribution in [0.3, 0.4) is 0 Å². The minimum Gasteiger partial charge on any atom is -0.465 e. The zero-order chi connectivity index (χ0) is 20.4. The summed E-state index contributed by atoms with van der Waals surface area (Å²) in [4.78, 5) is 24.0. The van der Waals surface area contributed by atoms with Gasteiger partial charge in [-0.2, -0.15) is 0 Å². The van der Waals surface area contributed by atoms with Gasteiger partial charge in [0, 0.05) is 6.42 Å². The first-order chi connectivity index (χ1) is 13.5. The van der Waals surface area contributed by atoms with Crippen molar-refractivity contribution in [2.24, 2.45) is 5.92 Å². The lowest BCUT2D eigenvalue weighted by molar-refractivity contribution is -0.149. The summed E-state index contributed by atoms with van der Waals surface area (Å²) < 4.78 is 10.5. The summed E-state index contributed by atoms with van der Waals surface area (Å²) in [6.45, 7) is 6.70. The molecule has 4 nitrogen and oxygen atoms in total. The van der Waals surface area contributed by atoms with E-state index in [1.165, 1.54) is 5.56 Å². The highest BCUT2D eigenvalue weighted by atomic mass is 16.5. The minimum absolute atomic E-state index is 0.217. The van der Waals surface area contributed by atoms with E-state index >= 15 is 0 Å². The lowest BCUT2D eigenvalue weighted by Gasteiger charge is -2.13. The highest BCUT2D eigenvalue weighted by molar-refractivity contribution is 5.77. The molecule has 0 aromatic heterocycles. The molecular weight excluding hydrogens is 352 g/mol. The van der Waals surface area contributed by atoms with E-state index in [4.69, 9.17) is 9.47 Å². The molecule has 0 amide bonds. The zero-order valence-electron chi connectivity index (χ0n) is 17.0. The molecule has 0 saturated heterocycles. The molecule has 0 radical (unpaired) electrons. The van der Waals surface area contributed by atoms with Crippen molar-refractivity contribution in [1.29, 1.82) is 0 Å². The number of carbonyl (C=O) groups excluding carboxylic acids is 2. The Labute approximate surface area is 167 Å². The Morgan fingerprint density at radius 3 is 2.18 bits per heavy atom. The Kier molecular flexibility index (Phi) is 8.73. The molecule has 1 atom stereocenters. The maximum atomic E-state index is 12.2. The highest BCUT2D eigenvalue weighted by Crippen LogP contribution is 2.19. The van der Waals surface area contributed by atoms with E-state index in [0.717, 1.165) is 17.5 Å². The van der Waals surface area contributed by atoms with Crippen molar-refractivity contribution >= 4 is 11.9 Å². The lowest BCUT2D eigenvalue weighted by atomic mass is 9.97. The van der Waals surface area contributed by atoms with Crippen LogP contribution in [0.2, 0.25) is 0 Å². The first-order valence-electron chi connectivity index (χ1n) is 9.90. The van der Waals surface area contributed by atoms with Gasteiger partial charge in [-0.05, 0) is 42.4 Å². The van der Waals surface area contributed by atoms with E-state index in [1.807, 2.05) is 49.4 Å². The summed E-state index contributed by atoms with van der Waals surface area (Å²) in [5.41, 5.74) is 3.17. The minimum atomic E-state index is -0.321. The van der Waals surface area contributed by atoms with Gasteiger partial charge in [0.15, 0.2) is 0 Å². The largest absolute Gasteiger partial charge is 0.465 e. The van der Waals surface area contributed by atoms with Crippen molar-refractivity contribution in [3.63, 3.8) is 0 Å². The molecule has 1 unspecified atom stereocenters. The number of esters is 2. The van der Waals surface area contributed by atoms with Crippen LogP contribution in [0.4, 0.5) is 0 Å². The second-order valence-electron chi connectivity index (χ2n) is 7.48. The molecule has 0 heterocycles. The average molecular weight is 382 g/mol. The van der Waals surface area contributed by atoms with Crippen LogP contribution in [0.5, 0.6) is 0 Å². The van der Waals surface area contributed by atoms with Gasteiger partial charge in [-0.15, -0.1) is 0 Å². The summed E-state index contributed by atoms with van der Waals surface area (Å²) in [6.07, 6.45) is 1.72. The summed E-state index contributed by atoms with van der Waals surface area (Å²) in [7, 11) is 0. The smallest absolute Gasteiger partial charge is 0.313 e. The van der Waals surface area contributed by atoms with E-state index in [-0.39, 0.29) is 37.5 Å². The number of hydrogen-bond acceptors (Lipinski definition) is 4. The van der Waals surface area contributed by atoms with Gasteiger partial charge in [0.05, 0.1) is 12.5 Å². The predicted molar refractivity (Wildman–Crippen MR) is 110 cm³/mol. The standard InChI is InChI=1S/C24H30O4/c1-18(2)16-20-11-13-22(14-12-20)19(3)24(26)27-15-7-10-23(25)28-17-21-8-5-4-6-9-21/h4-6,8-9,11-14,18-19H,7,10,15-17H2,1-3H3. The third kappa shape index (κ3) is 7.55. The molecule has 150 valence electrons. The Morgan fingerprint density at radius 2 is 1.54 bits per heavy atom. The van der Waals surface area contributed by atoms with Crippen molar-refractivity contribution in [3.05, 3.63) is 71.3 Å². The maximum absolute atomic E-state index is 12.2. The number of benzene rings is 2. The second kappa shape index (κ2) is 11.3. The van der Waals surface area contributed by atoms with Gasteiger partial charge in [0.1, 0.15) is 6.61 Å². The molecule has 0 spiro atoms. The van der Waals surface area contributed by atoms with E-state index in [2.05, 4.69) is 26.0 Å². The second-order valence-corrected chi connectivity index (χ2v) is 7.48. The van der Waals surface area contributed by atoms with Gasteiger partial charge in [-0.3, -0.25) is 9.59 Å². The normalized spacial score (nSPS) is 11.9. The van der Waals surface area contributed by atoms with Crippen LogP contribution < -0.4 is 0 Å². The van der Waals surface area contributed by atoms with Crippen LogP contribution in [0, 0.1) is 5.92 Å².